The van der Waals surface area contributed by atoms with Crippen LogP contribution in [0.15, 0.2) is 30.5 Å². The third-order valence-electron chi connectivity index (χ3n) is 5.24. The molecule has 3 aromatic rings. The third kappa shape index (κ3) is 3.08. The molecule has 2 aromatic heterocycles. The molecule has 1 aliphatic rings. The summed E-state index contributed by atoms with van der Waals surface area (Å²) in [4.78, 5) is 12.8. The lowest BCUT2D eigenvalue weighted by Gasteiger charge is -2.52. The molecule has 0 unspecified atom stereocenters. The maximum Gasteiger partial charge on any atom is 0.416 e. The first-order chi connectivity index (χ1) is 13.1. The molecule has 0 amide bonds. The van der Waals surface area contributed by atoms with Crippen LogP contribution < -0.4 is 4.90 Å². The second-order valence-corrected chi connectivity index (χ2v) is 7.74. The molecule has 1 saturated heterocycles. The number of hydrogen-bond acceptors (Lipinski definition) is 5. The van der Waals surface area contributed by atoms with Crippen molar-refractivity contribution in [3.8, 4) is 5.69 Å². The summed E-state index contributed by atoms with van der Waals surface area (Å²) < 4.78 is 40.5. The fourth-order valence-corrected chi connectivity index (χ4v) is 3.48. The van der Waals surface area contributed by atoms with E-state index < -0.39 is 11.7 Å². The minimum absolute atomic E-state index is 0.0147. The predicted octanol–water partition coefficient (Wildman–Crippen LogP) is 3.63. The van der Waals surface area contributed by atoms with Gasteiger partial charge in [0.2, 0.25) is 5.28 Å². The molecule has 0 atom stereocenters. The molecule has 0 N–H and O–H groups in total. The van der Waals surface area contributed by atoms with E-state index in [9.17, 15) is 13.2 Å². The first kappa shape index (κ1) is 18.9. The summed E-state index contributed by atoms with van der Waals surface area (Å²) in [6, 6.07) is 4.94. The fourth-order valence-electron chi connectivity index (χ4n) is 3.32. The second-order valence-electron chi connectivity index (χ2n) is 7.41. The van der Waals surface area contributed by atoms with Crippen molar-refractivity contribution in [3.63, 3.8) is 0 Å². The topological polar surface area (TPSA) is 50.1 Å². The number of nitrogens with zero attached hydrogens (tertiary/aromatic N) is 6. The lowest BCUT2D eigenvalue weighted by molar-refractivity contribution is -0.137. The van der Waals surface area contributed by atoms with Crippen LogP contribution in [0.3, 0.4) is 0 Å². The van der Waals surface area contributed by atoms with Gasteiger partial charge in [-0.2, -0.15) is 28.2 Å². The number of likely N-dealkylation sites (N-methyl/N-ethyl adjacent to an activating group) is 1. The van der Waals surface area contributed by atoms with Gasteiger partial charge in [0.05, 0.1) is 28.4 Å². The normalized spacial score (nSPS) is 16.6. The molecule has 10 heteroatoms. The Bertz CT molecular complexity index is 1040. The molecule has 28 heavy (non-hydrogen) atoms. The highest BCUT2D eigenvalue weighted by Gasteiger charge is 2.42. The van der Waals surface area contributed by atoms with E-state index in [2.05, 4.69) is 31.8 Å². The Labute approximate surface area is 164 Å². The zero-order valence-corrected chi connectivity index (χ0v) is 16.3. The van der Waals surface area contributed by atoms with Gasteiger partial charge in [0.1, 0.15) is 5.82 Å². The maximum absolute atomic E-state index is 13.1. The zero-order chi connectivity index (χ0) is 20.3. The highest BCUT2D eigenvalue weighted by atomic mass is 35.5. The largest absolute Gasteiger partial charge is 0.416 e. The van der Waals surface area contributed by atoms with Gasteiger partial charge in [0.25, 0.3) is 0 Å². The van der Waals surface area contributed by atoms with E-state index in [1.807, 2.05) is 14.1 Å². The van der Waals surface area contributed by atoms with Crippen LogP contribution in [0.5, 0.6) is 0 Å². The molecule has 0 saturated carbocycles. The molecule has 1 fully saturated rings. The van der Waals surface area contributed by atoms with Crippen LogP contribution in [0.25, 0.3) is 16.7 Å². The maximum atomic E-state index is 13.1. The highest BCUT2D eigenvalue weighted by Crippen LogP contribution is 2.35. The van der Waals surface area contributed by atoms with Crippen molar-refractivity contribution in [3.05, 3.63) is 41.3 Å². The van der Waals surface area contributed by atoms with E-state index in [0.717, 1.165) is 25.2 Å². The number of benzene rings is 1. The standard InChI is InChI=1S/C18H18ClF3N6/c1-17(26(2)3)9-27(10-17)14-13-8-23-28(15(13)25-16(19)24-14)12-6-4-5-11(7-12)18(20,21)22/h4-8H,9-10H2,1-3H3. The SMILES string of the molecule is CN(C)C1(C)CN(c2nc(Cl)nc3c2cnn3-c2cccc(C(F)(F)F)c2)C1. The first-order valence-corrected chi connectivity index (χ1v) is 8.97. The van der Waals surface area contributed by atoms with Gasteiger partial charge in [-0.05, 0) is 50.8 Å². The quantitative estimate of drug-likeness (QED) is 0.617. The smallest absolute Gasteiger partial charge is 0.352 e. The summed E-state index contributed by atoms with van der Waals surface area (Å²) in [6.45, 7) is 3.64. The van der Waals surface area contributed by atoms with E-state index in [1.54, 1.807) is 12.3 Å². The molecule has 0 aliphatic carbocycles. The summed E-state index contributed by atoms with van der Waals surface area (Å²) in [5.74, 6) is 0.632. The Balaban J connectivity index is 1.77. The predicted molar refractivity (Wildman–Crippen MR) is 101 cm³/mol. The van der Waals surface area contributed by atoms with E-state index in [1.165, 1.54) is 10.7 Å². The minimum Gasteiger partial charge on any atom is -0.352 e. The molecule has 3 heterocycles. The van der Waals surface area contributed by atoms with Crippen LogP contribution in [0.2, 0.25) is 5.28 Å². The van der Waals surface area contributed by atoms with Gasteiger partial charge in [-0.25, -0.2) is 4.68 Å². The van der Waals surface area contributed by atoms with Crippen molar-refractivity contribution >= 4 is 28.5 Å². The van der Waals surface area contributed by atoms with Crippen molar-refractivity contribution in [1.29, 1.82) is 0 Å². The number of hydrogen-bond donors (Lipinski definition) is 0. The monoisotopic (exact) mass is 410 g/mol. The lowest BCUT2D eigenvalue weighted by Crippen LogP contribution is -2.67. The Morgan fingerprint density at radius 3 is 2.54 bits per heavy atom. The molecular weight excluding hydrogens is 393 g/mol. The van der Waals surface area contributed by atoms with Gasteiger partial charge in [0.15, 0.2) is 5.65 Å². The summed E-state index contributed by atoms with van der Waals surface area (Å²) in [6.07, 6.45) is -2.88. The van der Waals surface area contributed by atoms with E-state index in [4.69, 9.17) is 11.6 Å². The van der Waals surface area contributed by atoms with Gasteiger partial charge >= 0.3 is 6.18 Å². The zero-order valence-electron chi connectivity index (χ0n) is 15.5. The van der Waals surface area contributed by atoms with Crippen LogP contribution >= 0.6 is 11.6 Å². The summed E-state index contributed by atoms with van der Waals surface area (Å²) in [7, 11) is 4.04. The van der Waals surface area contributed by atoms with Gasteiger partial charge < -0.3 is 9.80 Å². The van der Waals surface area contributed by atoms with Crippen molar-refractivity contribution in [2.45, 2.75) is 18.6 Å². The van der Waals surface area contributed by atoms with Crippen LogP contribution in [-0.2, 0) is 6.18 Å². The summed E-state index contributed by atoms with van der Waals surface area (Å²) in [5, 5.41) is 4.92. The van der Waals surface area contributed by atoms with Gasteiger partial charge in [-0.1, -0.05) is 6.07 Å². The van der Waals surface area contributed by atoms with Crippen LogP contribution in [0.4, 0.5) is 19.0 Å². The average Bonchev–Trinajstić information content (AvgIpc) is 3.01. The molecule has 1 aliphatic heterocycles. The number of alkyl halides is 3. The van der Waals surface area contributed by atoms with Crippen molar-refractivity contribution in [2.75, 3.05) is 32.1 Å². The molecule has 148 valence electrons. The van der Waals surface area contributed by atoms with E-state index in [0.29, 0.717) is 16.9 Å². The Hall–Kier alpha value is -2.39. The molecule has 0 bridgehead atoms. The van der Waals surface area contributed by atoms with Crippen molar-refractivity contribution in [2.24, 2.45) is 0 Å². The fraction of sp³-hybridized carbons (Fsp3) is 0.389. The molecule has 0 radical (unpaired) electrons. The summed E-state index contributed by atoms with van der Waals surface area (Å²) >= 11 is 6.12. The molecule has 0 spiro atoms. The average molecular weight is 411 g/mol. The number of fused-ring (bicyclic) bond motifs is 1. The summed E-state index contributed by atoms with van der Waals surface area (Å²) in [5.41, 5.74) is -0.112. The molecule has 1 aromatic carbocycles. The van der Waals surface area contributed by atoms with Crippen LogP contribution in [-0.4, -0.2) is 57.4 Å². The van der Waals surface area contributed by atoms with Crippen LogP contribution in [0, 0.1) is 0 Å². The number of anilines is 1. The number of aromatic nitrogens is 4. The van der Waals surface area contributed by atoms with Gasteiger partial charge in [-0.15, -0.1) is 0 Å². The number of halogens is 4. The van der Waals surface area contributed by atoms with Crippen molar-refractivity contribution < 1.29 is 13.2 Å². The molecular formula is C18H18ClF3N6. The third-order valence-corrected chi connectivity index (χ3v) is 5.41. The Morgan fingerprint density at radius 1 is 1.18 bits per heavy atom. The lowest BCUT2D eigenvalue weighted by atomic mass is 9.91. The van der Waals surface area contributed by atoms with Gasteiger partial charge in [-0.3, -0.25) is 0 Å². The minimum atomic E-state index is -4.44. The van der Waals surface area contributed by atoms with Gasteiger partial charge in [0, 0.05) is 13.1 Å². The molecule has 4 rings (SSSR count). The highest BCUT2D eigenvalue weighted by molar-refractivity contribution is 6.28. The Kier molecular flexibility index (Phi) is 4.27. The van der Waals surface area contributed by atoms with E-state index >= 15 is 0 Å². The second kappa shape index (κ2) is 6.31. The first-order valence-electron chi connectivity index (χ1n) is 8.60. The van der Waals surface area contributed by atoms with Crippen LogP contribution in [0.1, 0.15) is 12.5 Å². The molecule has 6 nitrogen and oxygen atoms in total. The van der Waals surface area contributed by atoms with E-state index in [-0.39, 0.29) is 16.5 Å². The number of rotatable bonds is 3. The Morgan fingerprint density at radius 2 is 1.89 bits per heavy atom. The van der Waals surface area contributed by atoms with Crippen molar-refractivity contribution in [1.82, 2.24) is 24.6 Å².